The second kappa shape index (κ2) is 5.15. The number of amides is 1. The Hall–Kier alpha value is -3.20. The molecule has 0 spiro atoms. The van der Waals surface area contributed by atoms with E-state index >= 15 is 0 Å². The lowest BCUT2D eigenvalue weighted by atomic mass is 9.75. The maximum absolute atomic E-state index is 13.6. The molecule has 0 N–H and O–H groups in total. The minimum Gasteiger partial charge on any atom is -0.291 e. The Morgan fingerprint density at radius 2 is 1.58 bits per heavy atom. The van der Waals surface area contributed by atoms with Crippen LogP contribution in [-0.4, -0.2) is 11.7 Å². The van der Waals surface area contributed by atoms with Crippen molar-refractivity contribution in [1.29, 1.82) is 0 Å². The topological polar surface area (TPSA) is 37.4 Å². The van der Waals surface area contributed by atoms with Crippen LogP contribution in [0.25, 0.3) is 0 Å². The van der Waals surface area contributed by atoms with Crippen molar-refractivity contribution in [2.24, 2.45) is 0 Å². The Bertz CT molecular complexity index is 1070. The molecule has 126 valence electrons. The van der Waals surface area contributed by atoms with Gasteiger partial charge in [0.15, 0.2) is 5.78 Å². The third-order valence-electron chi connectivity index (χ3n) is 5.54. The van der Waals surface area contributed by atoms with Gasteiger partial charge in [-0.2, -0.15) is 0 Å². The van der Waals surface area contributed by atoms with Gasteiger partial charge in [-0.05, 0) is 36.2 Å². The summed E-state index contributed by atoms with van der Waals surface area (Å²) in [5, 5.41) is 0. The van der Waals surface area contributed by atoms with E-state index in [1.165, 1.54) is 0 Å². The number of Topliss-reactive ketones (excluding diaryl/α,β-unsaturated/α-hetero) is 1. The zero-order chi connectivity index (χ0) is 17.9. The van der Waals surface area contributed by atoms with Crippen LogP contribution in [0.2, 0.25) is 0 Å². The Kier molecular flexibility index (Phi) is 2.99. The third-order valence-corrected chi connectivity index (χ3v) is 5.54. The molecule has 0 saturated heterocycles. The normalized spacial score (nSPS) is 20.6. The monoisotopic (exact) mass is 339 g/mol. The predicted octanol–water partition coefficient (Wildman–Crippen LogP) is 4.29. The fourth-order valence-electron chi connectivity index (χ4n) is 4.35. The molecule has 3 heteroatoms. The summed E-state index contributed by atoms with van der Waals surface area (Å²) < 4.78 is 0. The van der Waals surface area contributed by atoms with Crippen LogP contribution in [0.4, 0.5) is 5.69 Å². The number of ketones is 1. The maximum Gasteiger partial charge on any atom is 0.259 e. The molecule has 0 fully saturated rings. The van der Waals surface area contributed by atoms with E-state index in [0.717, 1.165) is 16.7 Å². The highest BCUT2D eigenvalue weighted by molar-refractivity contribution is 6.25. The number of carbonyl (C=O) groups excluding carboxylic acids is 2. The molecule has 2 aliphatic heterocycles. The summed E-state index contributed by atoms with van der Waals surface area (Å²) in [6.45, 7) is 1.98. The number of anilines is 1. The minimum atomic E-state index is -0.996. The molecule has 26 heavy (non-hydrogen) atoms. The number of para-hydroxylation sites is 1. The molecule has 0 saturated carbocycles. The average Bonchev–Trinajstić information content (AvgIpc) is 2.94. The number of rotatable bonds is 1. The van der Waals surface area contributed by atoms with E-state index in [-0.39, 0.29) is 11.7 Å². The van der Waals surface area contributed by atoms with Crippen molar-refractivity contribution in [2.75, 3.05) is 4.90 Å². The number of fused-ring (bicyclic) bond motifs is 4. The van der Waals surface area contributed by atoms with Gasteiger partial charge in [0.1, 0.15) is 5.54 Å². The zero-order valence-electron chi connectivity index (χ0n) is 14.4. The van der Waals surface area contributed by atoms with Gasteiger partial charge < -0.3 is 0 Å². The first-order valence-electron chi connectivity index (χ1n) is 8.76. The highest BCUT2D eigenvalue weighted by Gasteiger charge is 2.57. The van der Waals surface area contributed by atoms with Crippen molar-refractivity contribution >= 4 is 17.4 Å². The van der Waals surface area contributed by atoms with Gasteiger partial charge in [-0.15, -0.1) is 0 Å². The summed E-state index contributed by atoms with van der Waals surface area (Å²) in [5.41, 5.74) is 3.86. The highest BCUT2D eigenvalue weighted by Crippen LogP contribution is 2.50. The second-order valence-corrected chi connectivity index (χ2v) is 7.05. The van der Waals surface area contributed by atoms with Crippen LogP contribution in [0.5, 0.6) is 0 Å². The lowest BCUT2D eigenvalue weighted by Crippen LogP contribution is -2.55. The highest BCUT2D eigenvalue weighted by atomic mass is 16.2. The Morgan fingerprint density at radius 1 is 0.846 bits per heavy atom. The van der Waals surface area contributed by atoms with Gasteiger partial charge in [-0.3, -0.25) is 14.5 Å². The van der Waals surface area contributed by atoms with Crippen LogP contribution in [0.1, 0.15) is 37.4 Å². The van der Waals surface area contributed by atoms with Crippen LogP contribution in [0.3, 0.4) is 0 Å². The van der Waals surface area contributed by atoms with Gasteiger partial charge >= 0.3 is 0 Å². The molecule has 0 radical (unpaired) electrons. The predicted molar refractivity (Wildman–Crippen MR) is 101 cm³/mol. The molecule has 3 aromatic rings. The second-order valence-electron chi connectivity index (χ2n) is 7.05. The SMILES string of the molecule is Cc1ccc2c(c1)C(=O)N1c3ccccc3C(=O)C1(c1ccccc1)C2. The van der Waals surface area contributed by atoms with Crippen LogP contribution >= 0.6 is 0 Å². The third kappa shape index (κ3) is 1.77. The molecule has 0 bridgehead atoms. The number of hydrogen-bond acceptors (Lipinski definition) is 2. The summed E-state index contributed by atoms with van der Waals surface area (Å²) in [4.78, 5) is 28.8. The Labute approximate surface area is 151 Å². The summed E-state index contributed by atoms with van der Waals surface area (Å²) in [7, 11) is 0. The summed E-state index contributed by atoms with van der Waals surface area (Å²) in [6.07, 6.45) is 0.492. The summed E-state index contributed by atoms with van der Waals surface area (Å²) in [6, 6.07) is 23.0. The van der Waals surface area contributed by atoms with Gasteiger partial charge in [-0.25, -0.2) is 0 Å². The van der Waals surface area contributed by atoms with Gasteiger partial charge in [0.2, 0.25) is 0 Å². The van der Waals surface area contributed by atoms with Gasteiger partial charge in [-0.1, -0.05) is 60.2 Å². The van der Waals surface area contributed by atoms with Crippen LogP contribution in [0, 0.1) is 6.92 Å². The lowest BCUT2D eigenvalue weighted by Gasteiger charge is -2.42. The van der Waals surface area contributed by atoms with Crippen molar-refractivity contribution in [3.63, 3.8) is 0 Å². The fourth-order valence-corrected chi connectivity index (χ4v) is 4.35. The first-order chi connectivity index (χ1) is 12.6. The van der Waals surface area contributed by atoms with Crippen molar-refractivity contribution in [2.45, 2.75) is 18.9 Å². The summed E-state index contributed by atoms with van der Waals surface area (Å²) >= 11 is 0. The van der Waals surface area contributed by atoms with E-state index in [4.69, 9.17) is 0 Å². The van der Waals surface area contributed by atoms with Gasteiger partial charge in [0.05, 0.1) is 5.69 Å². The van der Waals surface area contributed by atoms with Crippen molar-refractivity contribution in [1.82, 2.24) is 0 Å². The molecule has 1 unspecified atom stereocenters. The molecule has 5 rings (SSSR count). The number of benzene rings is 3. The van der Waals surface area contributed by atoms with Crippen molar-refractivity contribution in [3.8, 4) is 0 Å². The molecular formula is C23H17NO2. The molecule has 3 nitrogen and oxygen atoms in total. The maximum atomic E-state index is 13.6. The van der Waals surface area contributed by atoms with Crippen molar-refractivity contribution in [3.05, 3.63) is 101 Å². The molecule has 2 heterocycles. The smallest absolute Gasteiger partial charge is 0.259 e. The zero-order valence-corrected chi connectivity index (χ0v) is 14.4. The number of hydrogen-bond donors (Lipinski definition) is 0. The number of carbonyl (C=O) groups is 2. The largest absolute Gasteiger partial charge is 0.291 e. The Morgan fingerprint density at radius 3 is 2.38 bits per heavy atom. The van der Waals surface area contributed by atoms with Gasteiger partial charge in [0, 0.05) is 17.5 Å². The first-order valence-corrected chi connectivity index (χ1v) is 8.76. The molecular weight excluding hydrogens is 322 g/mol. The summed E-state index contributed by atoms with van der Waals surface area (Å²) in [5.74, 6) is -0.101. The molecule has 0 aromatic heterocycles. The fraction of sp³-hybridized carbons (Fsp3) is 0.130. The Balaban J connectivity index is 1.85. The molecule has 0 aliphatic carbocycles. The number of nitrogens with zero attached hydrogens (tertiary/aromatic N) is 1. The number of aryl methyl sites for hydroxylation is 1. The van der Waals surface area contributed by atoms with Gasteiger partial charge in [0.25, 0.3) is 5.91 Å². The molecule has 1 atom stereocenters. The first kappa shape index (κ1) is 15.1. The van der Waals surface area contributed by atoms with Crippen molar-refractivity contribution < 1.29 is 9.59 Å². The van der Waals surface area contributed by atoms with Crippen LogP contribution in [-0.2, 0) is 12.0 Å². The quantitative estimate of drug-likeness (QED) is 0.663. The van der Waals surface area contributed by atoms with E-state index in [9.17, 15) is 9.59 Å². The molecule has 2 aliphatic rings. The van der Waals surface area contributed by atoms with E-state index in [0.29, 0.717) is 23.2 Å². The van der Waals surface area contributed by atoms with E-state index in [1.807, 2.05) is 79.7 Å². The van der Waals surface area contributed by atoms with Crippen LogP contribution in [0.15, 0.2) is 72.8 Å². The molecule has 1 amide bonds. The van der Waals surface area contributed by atoms with E-state index in [1.54, 1.807) is 4.90 Å². The standard InChI is InChI=1S/C23H17NO2/c1-15-11-12-16-14-23(17-7-3-2-4-8-17)21(25)18-9-5-6-10-20(18)24(23)22(26)19(16)13-15/h2-13H,14H2,1H3. The molecule has 3 aromatic carbocycles. The van der Waals surface area contributed by atoms with E-state index in [2.05, 4.69) is 0 Å². The lowest BCUT2D eigenvalue weighted by molar-refractivity contribution is 0.0825. The van der Waals surface area contributed by atoms with E-state index < -0.39 is 5.54 Å². The average molecular weight is 339 g/mol. The van der Waals surface area contributed by atoms with Crippen LogP contribution < -0.4 is 4.90 Å². The minimum absolute atomic E-state index is 0.00104.